The summed E-state index contributed by atoms with van der Waals surface area (Å²) in [5.41, 5.74) is 1.59. The Bertz CT molecular complexity index is 866. The number of para-hydroxylation sites is 1. The number of benzene rings is 1. The van der Waals surface area contributed by atoms with Crippen molar-refractivity contribution in [2.75, 3.05) is 11.1 Å². The number of aromatic nitrogens is 4. The number of thioether (sulfide) groups is 1. The van der Waals surface area contributed by atoms with Gasteiger partial charge in [0.05, 0.1) is 10.7 Å². The highest BCUT2D eigenvalue weighted by Crippen LogP contribution is 2.30. The van der Waals surface area contributed by atoms with Gasteiger partial charge in [0.15, 0.2) is 0 Å². The predicted molar refractivity (Wildman–Crippen MR) is 85.7 cm³/mol. The molecule has 0 spiro atoms. The summed E-state index contributed by atoms with van der Waals surface area (Å²) in [5, 5.41) is 29.0. The van der Waals surface area contributed by atoms with E-state index in [1.807, 2.05) is 0 Å². The van der Waals surface area contributed by atoms with Gasteiger partial charge in [-0.15, -0.1) is 20.4 Å². The second-order valence-electron chi connectivity index (χ2n) is 4.23. The van der Waals surface area contributed by atoms with Crippen LogP contribution in [-0.2, 0) is 4.79 Å². The monoisotopic (exact) mass is 364 g/mol. The molecular weight excluding hydrogens is 356 g/mol. The first-order valence-corrected chi connectivity index (χ1v) is 8.26. The smallest absolute Gasteiger partial charge is 0.282 e. The van der Waals surface area contributed by atoms with Crippen molar-refractivity contribution >= 4 is 39.8 Å². The molecule has 1 amide bonds. The summed E-state index contributed by atoms with van der Waals surface area (Å²) in [6.07, 6.45) is 0. The van der Waals surface area contributed by atoms with Crippen molar-refractivity contribution in [2.24, 2.45) is 0 Å². The molecule has 24 heavy (non-hydrogen) atoms. The lowest BCUT2D eigenvalue weighted by molar-refractivity contribution is -0.384. The van der Waals surface area contributed by atoms with E-state index in [9.17, 15) is 14.9 Å². The molecule has 0 unspecified atom stereocenters. The summed E-state index contributed by atoms with van der Waals surface area (Å²) < 4.78 is 5.38. The van der Waals surface area contributed by atoms with E-state index in [1.54, 1.807) is 12.1 Å². The number of nitro benzene ring substituents is 1. The number of nitro groups is 1. The van der Waals surface area contributed by atoms with Crippen LogP contribution in [-0.4, -0.2) is 37.0 Å². The third kappa shape index (κ3) is 3.72. The third-order valence-electron chi connectivity index (χ3n) is 2.67. The van der Waals surface area contributed by atoms with E-state index in [0.29, 0.717) is 5.13 Å². The van der Waals surface area contributed by atoms with E-state index in [4.69, 9.17) is 4.42 Å². The van der Waals surface area contributed by atoms with Crippen molar-refractivity contribution in [3.05, 3.63) is 39.9 Å². The maximum Gasteiger partial charge on any atom is 0.282 e. The van der Waals surface area contributed by atoms with Crippen LogP contribution in [0.15, 0.2) is 39.4 Å². The molecule has 2 heterocycles. The minimum absolute atomic E-state index is 0.0225. The maximum absolute atomic E-state index is 11.7. The van der Waals surface area contributed by atoms with E-state index >= 15 is 0 Å². The normalized spacial score (nSPS) is 10.5. The van der Waals surface area contributed by atoms with Gasteiger partial charge in [-0.25, -0.2) is 0 Å². The van der Waals surface area contributed by atoms with E-state index < -0.39 is 4.92 Å². The molecule has 12 heteroatoms. The van der Waals surface area contributed by atoms with E-state index in [1.165, 1.54) is 29.0 Å². The second kappa shape index (κ2) is 7.14. The highest BCUT2D eigenvalue weighted by Gasteiger charge is 2.20. The summed E-state index contributed by atoms with van der Waals surface area (Å²) in [7, 11) is 0. The average molecular weight is 364 g/mol. The van der Waals surface area contributed by atoms with Crippen LogP contribution in [0.4, 0.5) is 10.8 Å². The lowest BCUT2D eigenvalue weighted by Crippen LogP contribution is -2.13. The number of amides is 1. The topological polar surface area (TPSA) is 137 Å². The summed E-state index contributed by atoms with van der Waals surface area (Å²) in [5.74, 6) is -0.255. The molecule has 0 radical (unpaired) electrons. The van der Waals surface area contributed by atoms with Crippen LogP contribution >= 0.6 is 23.1 Å². The van der Waals surface area contributed by atoms with Gasteiger partial charge in [0.25, 0.3) is 16.8 Å². The standard InChI is InChI=1S/C12H8N6O4S2/c19-9(14-11-16-13-6-24-11)5-23-12-17-15-10(22-12)7-3-1-2-4-8(7)18(20)21/h1-4,6H,5H2,(H,14,16,19). The lowest BCUT2D eigenvalue weighted by Gasteiger charge is -1.98. The van der Waals surface area contributed by atoms with Crippen molar-refractivity contribution in [3.8, 4) is 11.5 Å². The number of nitrogens with zero attached hydrogens (tertiary/aromatic N) is 5. The molecule has 122 valence electrons. The zero-order chi connectivity index (χ0) is 16.9. The van der Waals surface area contributed by atoms with Crippen LogP contribution < -0.4 is 5.32 Å². The second-order valence-corrected chi connectivity index (χ2v) is 5.99. The lowest BCUT2D eigenvalue weighted by atomic mass is 10.2. The van der Waals surface area contributed by atoms with Gasteiger partial charge in [0.2, 0.25) is 11.0 Å². The van der Waals surface area contributed by atoms with Crippen molar-refractivity contribution < 1.29 is 14.1 Å². The highest BCUT2D eigenvalue weighted by molar-refractivity contribution is 7.99. The minimum atomic E-state index is -0.526. The number of carbonyl (C=O) groups is 1. The van der Waals surface area contributed by atoms with Gasteiger partial charge < -0.3 is 4.42 Å². The molecule has 0 saturated heterocycles. The Hall–Kier alpha value is -2.86. The molecule has 0 aliphatic rings. The summed E-state index contributed by atoms with van der Waals surface area (Å²) in [4.78, 5) is 22.2. The Morgan fingerprint density at radius 1 is 1.33 bits per heavy atom. The SMILES string of the molecule is O=C(CSc1nnc(-c2ccccc2[N+](=O)[O-])o1)Nc1nncs1. The Morgan fingerprint density at radius 3 is 2.92 bits per heavy atom. The molecule has 1 N–H and O–H groups in total. The molecule has 10 nitrogen and oxygen atoms in total. The van der Waals surface area contributed by atoms with E-state index in [0.717, 1.165) is 11.8 Å². The predicted octanol–water partition coefficient (Wildman–Crippen LogP) is 2.23. The van der Waals surface area contributed by atoms with Crippen molar-refractivity contribution in [1.29, 1.82) is 0 Å². The number of hydrogen-bond donors (Lipinski definition) is 1. The zero-order valence-electron chi connectivity index (χ0n) is 11.8. The van der Waals surface area contributed by atoms with Crippen molar-refractivity contribution in [3.63, 3.8) is 0 Å². The molecule has 3 rings (SSSR count). The fourth-order valence-corrected chi connectivity index (χ4v) is 2.73. The quantitative estimate of drug-likeness (QED) is 0.396. The molecular formula is C12H8N6O4S2. The molecule has 0 aliphatic carbocycles. The maximum atomic E-state index is 11.7. The van der Waals surface area contributed by atoms with Crippen LogP contribution in [0, 0.1) is 10.1 Å². The molecule has 2 aromatic heterocycles. The van der Waals surface area contributed by atoms with E-state index in [-0.39, 0.29) is 34.0 Å². The highest BCUT2D eigenvalue weighted by atomic mass is 32.2. The number of rotatable bonds is 6. The first-order chi connectivity index (χ1) is 11.6. The number of nitrogens with one attached hydrogen (secondary N) is 1. The fourth-order valence-electron chi connectivity index (χ4n) is 1.70. The first kappa shape index (κ1) is 16.0. The van der Waals surface area contributed by atoms with Crippen LogP contribution in [0.3, 0.4) is 0 Å². The summed E-state index contributed by atoms with van der Waals surface area (Å²) in [6, 6.07) is 6.05. The van der Waals surface area contributed by atoms with E-state index in [2.05, 4.69) is 25.7 Å². The van der Waals surface area contributed by atoms with Gasteiger partial charge >= 0.3 is 0 Å². The summed E-state index contributed by atoms with van der Waals surface area (Å²) in [6.45, 7) is 0. The molecule has 0 atom stereocenters. The summed E-state index contributed by atoms with van der Waals surface area (Å²) >= 11 is 2.21. The van der Waals surface area contributed by atoms with Gasteiger partial charge in [-0.1, -0.05) is 35.2 Å². The fraction of sp³-hybridized carbons (Fsp3) is 0.0833. The van der Waals surface area contributed by atoms with Crippen molar-refractivity contribution in [2.45, 2.75) is 5.22 Å². The van der Waals surface area contributed by atoms with Gasteiger partial charge in [0, 0.05) is 6.07 Å². The zero-order valence-corrected chi connectivity index (χ0v) is 13.4. The number of carbonyl (C=O) groups excluding carboxylic acids is 1. The average Bonchev–Trinajstić information content (AvgIpc) is 3.24. The molecule has 1 aromatic carbocycles. The molecule has 0 bridgehead atoms. The van der Waals surface area contributed by atoms with Crippen molar-refractivity contribution in [1.82, 2.24) is 20.4 Å². The van der Waals surface area contributed by atoms with Crippen LogP contribution in [0.2, 0.25) is 0 Å². The Balaban J connectivity index is 1.66. The van der Waals surface area contributed by atoms with Crippen LogP contribution in [0.5, 0.6) is 0 Å². The molecule has 0 fully saturated rings. The first-order valence-electron chi connectivity index (χ1n) is 6.39. The minimum Gasteiger partial charge on any atom is -0.411 e. The Morgan fingerprint density at radius 2 is 2.17 bits per heavy atom. The Kier molecular flexibility index (Phi) is 4.77. The van der Waals surface area contributed by atoms with Gasteiger partial charge in [-0.2, -0.15) is 0 Å². The number of anilines is 1. The largest absolute Gasteiger partial charge is 0.411 e. The van der Waals surface area contributed by atoms with Crippen LogP contribution in [0.1, 0.15) is 0 Å². The molecule has 3 aromatic rings. The molecule has 0 aliphatic heterocycles. The van der Waals surface area contributed by atoms with Gasteiger partial charge in [-0.05, 0) is 6.07 Å². The molecule has 0 saturated carbocycles. The number of hydrogen-bond acceptors (Lipinski definition) is 10. The van der Waals surface area contributed by atoms with Gasteiger partial charge in [0.1, 0.15) is 11.1 Å². The van der Waals surface area contributed by atoms with Crippen LogP contribution in [0.25, 0.3) is 11.5 Å². The van der Waals surface area contributed by atoms with Gasteiger partial charge in [-0.3, -0.25) is 20.2 Å². The third-order valence-corrected chi connectivity index (χ3v) is 4.10. The Labute approximate surface area is 142 Å².